The van der Waals surface area contributed by atoms with Gasteiger partial charge >= 0.3 is 5.97 Å². The summed E-state index contributed by atoms with van der Waals surface area (Å²) in [7, 11) is 0. The first-order valence-electron chi connectivity index (χ1n) is 8.10. The highest BCUT2D eigenvalue weighted by atomic mass is 35.5. The van der Waals surface area contributed by atoms with Gasteiger partial charge in [0.25, 0.3) is 0 Å². The first-order valence-corrected chi connectivity index (χ1v) is 8.48. The monoisotopic (exact) mass is 409 g/mol. The van der Waals surface area contributed by atoms with Crippen molar-refractivity contribution in [2.75, 3.05) is 6.54 Å². The highest BCUT2D eigenvalue weighted by Gasteiger charge is 2.12. The Labute approximate surface area is 167 Å². The fourth-order valence-electron chi connectivity index (χ4n) is 2.56. The zero-order valence-electron chi connectivity index (χ0n) is 14.2. The Morgan fingerprint density at radius 1 is 1.11 bits per heavy atom. The average Bonchev–Trinajstić information content (AvgIpc) is 3.09. The number of aromatic carboxylic acids is 1. The van der Waals surface area contributed by atoms with Gasteiger partial charge in [0.1, 0.15) is 17.3 Å². The zero-order valence-corrected chi connectivity index (χ0v) is 15.8. The number of nitrogens with one attached hydrogen (secondary N) is 1. The third-order valence-corrected chi connectivity index (χ3v) is 4.27. The fraction of sp³-hybridized carbons (Fsp3) is 0.150. The van der Waals surface area contributed by atoms with E-state index in [-0.39, 0.29) is 23.8 Å². The van der Waals surface area contributed by atoms with Crippen LogP contribution in [0.4, 0.5) is 4.39 Å². The maximum Gasteiger partial charge on any atom is 0.335 e. The summed E-state index contributed by atoms with van der Waals surface area (Å²) in [5, 5.41) is 12.8. The molecule has 2 N–H and O–H groups in total. The molecular weight excluding hydrogens is 392 g/mol. The molecule has 0 radical (unpaired) electrons. The van der Waals surface area contributed by atoms with Gasteiger partial charge in [0.05, 0.1) is 17.1 Å². The average molecular weight is 410 g/mol. The summed E-state index contributed by atoms with van der Waals surface area (Å²) in [6.07, 6.45) is 0.778. The lowest BCUT2D eigenvalue weighted by Gasteiger charge is -2.04. The number of hydrogen-bond donors (Lipinski definition) is 2. The quantitative estimate of drug-likeness (QED) is 0.526. The Morgan fingerprint density at radius 3 is 2.56 bits per heavy atom. The Kier molecular flexibility index (Phi) is 7.42. The molecule has 0 unspecified atom stereocenters. The van der Waals surface area contributed by atoms with E-state index in [1.54, 1.807) is 24.3 Å². The van der Waals surface area contributed by atoms with Crippen molar-refractivity contribution in [1.29, 1.82) is 0 Å². The summed E-state index contributed by atoms with van der Waals surface area (Å²) in [6.45, 7) is 1.24. The van der Waals surface area contributed by atoms with Gasteiger partial charge in [-0.2, -0.15) is 0 Å². The summed E-state index contributed by atoms with van der Waals surface area (Å²) in [5.74, 6) is -0.0167. The molecule has 1 aromatic heterocycles. The maximum atomic E-state index is 12.9. The smallest absolute Gasteiger partial charge is 0.335 e. The molecule has 2 aromatic carbocycles. The molecule has 27 heavy (non-hydrogen) atoms. The van der Waals surface area contributed by atoms with E-state index in [4.69, 9.17) is 21.1 Å². The number of halogens is 3. The van der Waals surface area contributed by atoms with E-state index in [1.165, 1.54) is 24.3 Å². The lowest BCUT2D eigenvalue weighted by Crippen LogP contribution is -2.16. The molecular formula is C20H18Cl2FNO3. The van der Waals surface area contributed by atoms with Gasteiger partial charge in [0.15, 0.2) is 0 Å². The van der Waals surface area contributed by atoms with E-state index in [2.05, 4.69) is 5.32 Å². The minimum Gasteiger partial charge on any atom is -0.478 e. The molecule has 0 aliphatic heterocycles. The molecule has 0 saturated carbocycles. The number of carboxylic acids is 1. The van der Waals surface area contributed by atoms with Crippen molar-refractivity contribution in [3.8, 4) is 11.3 Å². The summed E-state index contributed by atoms with van der Waals surface area (Å²) in [5.41, 5.74) is 1.75. The van der Waals surface area contributed by atoms with E-state index in [0.29, 0.717) is 22.9 Å². The van der Waals surface area contributed by atoms with Gasteiger partial charge in [0.2, 0.25) is 0 Å². The largest absolute Gasteiger partial charge is 0.478 e. The zero-order chi connectivity index (χ0) is 18.5. The van der Waals surface area contributed by atoms with Crippen LogP contribution in [0.15, 0.2) is 59.0 Å². The highest BCUT2D eigenvalue weighted by Crippen LogP contribution is 2.30. The van der Waals surface area contributed by atoms with Gasteiger partial charge < -0.3 is 14.8 Å². The van der Waals surface area contributed by atoms with Crippen LogP contribution in [0.1, 0.15) is 21.7 Å². The van der Waals surface area contributed by atoms with E-state index < -0.39 is 5.97 Å². The predicted molar refractivity (Wildman–Crippen MR) is 105 cm³/mol. The van der Waals surface area contributed by atoms with Crippen LogP contribution in [0.5, 0.6) is 0 Å². The summed E-state index contributed by atoms with van der Waals surface area (Å²) >= 11 is 6.16. The molecule has 3 aromatic rings. The molecule has 7 heteroatoms. The van der Waals surface area contributed by atoms with Crippen LogP contribution in [-0.4, -0.2) is 17.6 Å². The van der Waals surface area contributed by atoms with Gasteiger partial charge in [-0.25, -0.2) is 9.18 Å². The minimum atomic E-state index is -1.02. The number of benzene rings is 2. The van der Waals surface area contributed by atoms with Crippen molar-refractivity contribution in [1.82, 2.24) is 5.32 Å². The molecule has 0 amide bonds. The molecule has 0 atom stereocenters. The molecule has 0 aliphatic carbocycles. The second-order valence-electron chi connectivity index (χ2n) is 5.82. The molecule has 4 nitrogen and oxygen atoms in total. The molecule has 1 heterocycles. The van der Waals surface area contributed by atoms with Crippen molar-refractivity contribution in [3.63, 3.8) is 0 Å². The van der Waals surface area contributed by atoms with Crippen LogP contribution in [0.2, 0.25) is 5.02 Å². The Hall–Kier alpha value is -2.34. The summed E-state index contributed by atoms with van der Waals surface area (Å²) < 4.78 is 18.6. The Morgan fingerprint density at radius 2 is 1.85 bits per heavy atom. The molecule has 0 saturated heterocycles. The number of hydrogen-bond acceptors (Lipinski definition) is 3. The maximum absolute atomic E-state index is 12.9. The lowest BCUT2D eigenvalue weighted by molar-refractivity contribution is 0.0697. The Balaban J connectivity index is 0.00000261. The van der Waals surface area contributed by atoms with Crippen LogP contribution < -0.4 is 5.32 Å². The second kappa shape index (κ2) is 9.55. The van der Waals surface area contributed by atoms with E-state index in [9.17, 15) is 9.18 Å². The normalized spacial score (nSPS) is 10.4. The van der Waals surface area contributed by atoms with Gasteiger partial charge in [-0.3, -0.25) is 0 Å². The van der Waals surface area contributed by atoms with Crippen molar-refractivity contribution in [2.45, 2.75) is 13.0 Å². The van der Waals surface area contributed by atoms with Gasteiger partial charge in [-0.1, -0.05) is 23.7 Å². The highest BCUT2D eigenvalue weighted by molar-refractivity contribution is 6.33. The number of furan rings is 1. The number of carbonyl (C=O) groups is 1. The Bertz CT molecular complexity index is 910. The molecule has 0 aliphatic rings. The molecule has 3 rings (SSSR count). The minimum absolute atomic E-state index is 0. The molecule has 0 bridgehead atoms. The standard InChI is InChI=1S/C20H17ClFNO3.ClH/c21-18-7-3-14(20(24)25)11-17(18)19-8-6-16(26-19)12-23-10-9-13-1-4-15(22)5-2-13;/h1-8,11,23H,9-10,12H2,(H,24,25);1H. The van der Waals surface area contributed by atoms with Crippen molar-refractivity contribution in [2.24, 2.45) is 0 Å². The third-order valence-electron chi connectivity index (χ3n) is 3.94. The fourth-order valence-corrected chi connectivity index (χ4v) is 2.77. The van der Waals surface area contributed by atoms with Crippen LogP contribution in [0, 0.1) is 5.82 Å². The molecule has 142 valence electrons. The predicted octanol–water partition coefficient (Wildman–Crippen LogP) is 5.19. The first-order chi connectivity index (χ1) is 12.5. The van der Waals surface area contributed by atoms with E-state index in [1.807, 2.05) is 6.07 Å². The summed E-state index contributed by atoms with van der Waals surface area (Å²) in [4.78, 5) is 11.1. The van der Waals surface area contributed by atoms with Crippen molar-refractivity contribution >= 4 is 30.0 Å². The van der Waals surface area contributed by atoms with E-state index >= 15 is 0 Å². The van der Waals surface area contributed by atoms with Crippen LogP contribution >= 0.6 is 24.0 Å². The van der Waals surface area contributed by atoms with Crippen LogP contribution in [-0.2, 0) is 13.0 Å². The first kappa shape index (κ1) is 21.0. The van der Waals surface area contributed by atoms with Gasteiger partial charge in [-0.15, -0.1) is 12.4 Å². The number of carboxylic acid groups (broad SMARTS) is 1. The van der Waals surface area contributed by atoms with Gasteiger partial charge in [0, 0.05) is 5.56 Å². The molecule has 0 fully saturated rings. The van der Waals surface area contributed by atoms with Gasteiger partial charge in [-0.05, 0) is 61.0 Å². The van der Waals surface area contributed by atoms with Crippen LogP contribution in [0.25, 0.3) is 11.3 Å². The molecule has 0 spiro atoms. The lowest BCUT2D eigenvalue weighted by atomic mass is 10.1. The van der Waals surface area contributed by atoms with Crippen molar-refractivity contribution in [3.05, 3.63) is 82.3 Å². The van der Waals surface area contributed by atoms with Crippen LogP contribution in [0.3, 0.4) is 0 Å². The topological polar surface area (TPSA) is 62.5 Å². The summed E-state index contributed by atoms with van der Waals surface area (Å²) in [6, 6.07) is 14.5. The van der Waals surface area contributed by atoms with Crippen molar-refractivity contribution < 1.29 is 18.7 Å². The second-order valence-corrected chi connectivity index (χ2v) is 6.23. The number of rotatable bonds is 7. The third kappa shape index (κ3) is 5.57. The SMILES string of the molecule is Cl.O=C(O)c1ccc(Cl)c(-c2ccc(CNCCc3ccc(F)cc3)o2)c1. The van der Waals surface area contributed by atoms with E-state index in [0.717, 1.165) is 24.3 Å².